The van der Waals surface area contributed by atoms with Gasteiger partial charge in [-0.2, -0.15) is 0 Å². The van der Waals surface area contributed by atoms with E-state index in [4.69, 9.17) is 16.3 Å². The zero-order chi connectivity index (χ0) is 18.6. The van der Waals surface area contributed by atoms with E-state index in [1.807, 2.05) is 0 Å². The van der Waals surface area contributed by atoms with Crippen LogP contribution in [0.5, 0.6) is 5.75 Å². The summed E-state index contributed by atoms with van der Waals surface area (Å²) in [5, 5.41) is 0.243. The maximum absolute atomic E-state index is 12.4. The van der Waals surface area contributed by atoms with Gasteiger partial charge in [-0.05, 0) is 18.2 Å². The van der Waals surface area contributed by atoms with Crippen molar-refractivity contribution < 1.29 is 22.7 Å². The van der Waals surface area contributed by atoms with Gasteiger partial charge in [-0.15, -0.1) is 0 Å². The molecule has 25 heavy (non-hydrogen) atoms. The van der Waals surface area contributed by atoms with E-state index in [2.05, 4.69) is 4.72 Å². The zero-order valence-corrected chi connectivity index (χ0v) is 15.6. The van der Waals surface area contributed by atoms with E-state index in [-0.39, 0.29) is 34.0 Å². The highest BCUT2D eigenvalue weighted by Crippen LogP contribution is 2.26. The topological polar surface area (TPSA) is 96.0 Å². The maximum Gasteiger partial charge on any atom is 0.244 e. The fraction of sp³-hybridized carbons (Fsp3) is 0.467. The lowest BCUT2D eigenvalue weighted by Gasteiger charge is -2.34. The van der Waals surface area contributed by atoms with Crippen LogP contribution in [0, 0.1) is 0 Å². The van der Waals surface area contributed by atoms with Crippen molar-refractivity contribution in [2.75, 3.05) is 39.8 Å². The van der Waals surface area contributed by atoms with Gasteiger partial charge in [0.15, 0.2) is 0 Å². The van der Waals surface area contributed by atoms with Crippen LogP contribution < -0.4 is 9.46 Å². The molecular weight excluding hydrogens is 370 g/mol. The van der Waals surface area contributed by atoms with Gasteiger partial charge in [0.25, 0.3) is 0 Å². The second kappa shape index (κ2) is 8.03. The van der Waals surface area contributed by atoms with Crippen molar-refractivity contribution >= 4 is 33.4 Å². The summed E-state index contributed by atoms with van der Waals surface area (Å²) in [6.07, 6.45) is 0. The van der Waals surface area contributed by atoms with Gasteiger partial charge in [-0.3, -0.25) is 9.59 Å². The minimum Gasteiger partial charge on any atom is -0.495 e. The SMILES string of the molecule is COc1ccc(Cl)cc1S(=O)(=O)NCC(=O)N1CCN(C(C)=O)CC1. The quantitative estimate of drug-likeness (QED) is 0.782. The third kappa shape index (κ3) is 4.83. The van der Waals surface area contributed by atoms with E-state index in [0.29, 0.717) is 26.2 Å². The molecule has 0 aromatic heterocycles. The van der Waals surface area contributed by atoms with Crippen LogP contribution in [0.2, 0.25) is 5.02 Å². The number of piperazine rings is 1. The Hall–Kier alpha value is -1.84. The Morgan fingerprint density at radius 2 is 1.80 bits per heavy atom. The Labute approximate surface area is 151 Å². The summed E-state index contributed by atoms with van der Waals surface area (Å²) < 4.78 is 32.1. The number of ether oxygens (including phenoxy) is 1. The molecule has 1 heterocycles. The van der Waals surface area contributed by atoms with Gasteiger partial charge >= 0.3 is 0 Å². The van der Waals surface area contributed by atoms with Crippen LogP contribution in [0.3, 0.4) is 0 Å². The highest BCUT2D eigenvalue weighted by molar-refractivity contribution is 7.89. The molecule has 138 valence electrons. The molecule has 10 heteroatoms. The number of nitrogens with one attached hydrogen (secondary N) is 1. The maximum atomic E-state index is 12.4. The first-order chi connectivity index (χ1) is 11.7. The average Bonchev–Trinajstić information content (AvgIpc) is 2.59. The monoisotopic (exact) mass is 389 g/mol. The molecule has 2 amide bonds. The number of hydrogen-bond donors (Lipinski definition) is 1. The first kappa shape index (κ1) is 19.5. The Kier molecular flexibility index (Phi) is 6.26. The molecule has 1 N–H and O–H groups in total. The van der Waals surface area contributed by atoms with Crippen molar-refractivity contribution in [1.29, 1.82) is 0 Å². The van der Waals surface area contributed by atoms with Crippen LogP contribution in [-0.4, -0.2) is 69.9 Å². The van der Waals surface area contributed by atoms with Crippen molar-refractivity contribution in [2.45, 2.75) is 11.8 Å². The summed E-state index contributed by atoms with van der Waals surface area (Å²) in [5.74, 6) is -0.256. The van der Waals surface area contributed by atoms with E-state index >= 15 is 0 Å². The second-order valence-electron chi connectivity index (χ2n) is 5.51. The molecule has 0 unspecified atom stereocenters. The number of hydrogen-bond acceptors (Lipinski definition) is 5. The molecule has 0 saturated carbocycles. The molecule has 0 atom stereocenters. The molecule has 1 aliphatic rings. The number of nitrogens with zero attached hydrogens (tertiary/aromatic N) is 2. The number of amides is 2. The van der Waals surface area contributed by atoms with E-state index < -0.39 is 10.0 Å². The smallest absolute Gasteiger partial charge is 0.244 e. The third-order valence-corrected chi connectivity index (χ3v) is 5.56. The lowest BCUT2D eigenvalue weighted by molar-refractivity contribution is -0.137. The number of carbonyl (C=O) groups excluding carboxylic acids is 2. The molecule has 1 aromatic carbocycles. The number of halogens is 1. The van der Waals surface area contributed by atoms with Crippen LogP contribution in [0.25, 0.3) is 0 Å². The molecule has 0 bridgehead atoms. The number of benzene rings is 1. The summed E-state index contributed by atoms with van der Waals surface area (Å²) in [4.78, 5) is 26.5. The van der Waals surface area contributed by atoms with Crippen molar-refractivity contribution in [1.82, 2.24) is 14.5 Å². The van der Waals surface area contributed by atoms with Gasteiger partial charge in [0.2, 0.25) is 21.8 Å². The van der Waals surface area contributed by atoms with E-state index in [0.717, 1.165) is 0 Å². The summed E-state index contributed by atoms with van der Waals surface area (Å²) in [6.45, 7) is 2.73. The van der Waals surface area contributed by atoms with E-state index in [1.165, 1.54) is 37.1 Å². The largest absolute Gasteiger partial charge is 0.495 e. The zero-order valence-electron chi connectivity index (χ0n) is 14.0. The molecule has 1 fully saturated rings. The molecule has 1 aromatic rings. The van der Waals surface area contributed by atoms with Crippen LogP contribution in [0.15, 0.2) is 23.1 Å². The van der Waals surface area contributed by atoms with Crippen molar-refractivity contribution in [3.8, 4) is 5.75 Å². The fourth-order valence-electron chi connectivity index (χ4n) is 2.48. The molecule has 1 aliphatic heterocycles. The molecule has 0 aliphatic carbocycles. The molecule has 0 radical (unpaired) electrons. The number of rotatable bonds is 5. The minimum atomic E-state index is -3.95. The van der Waals surface area contributed by atoms with Crippen LogP contribution in [0.4, 0.5) is 0 Å². The summed E-state index contributed by atoms with van der Waals surface area (Å²) in [5.41, 5.74) is 0. The molecule has 8 nitrogen and oxygen atoms in total. The van der Waals surface area contributed by atoms with E-state index in [9.17, 15) is 18.0 Å². The molecule has 1 saturated heterocycles. The number of sulfonamides is 1. The lowest BCUT2D eigenvalue weighted by atomic mass is 10.3. The van der Waals surface area contributed by atoms with Crippen LogP contribution in [0.1, 0.15) is 6.92 Å². The first-order valence-electron chi connectivity index (χ1n) is 7.61. The molecule has 2 rings (SSSR count). The van der Waals surface area contributed by atoms with Gasteiger partial charge in [-0.1, -0.05) is 11.6 Å². The Morgan fingerprint density at radius 1 is 1.20 bits per heavy atom. The number of methoxy groups -OCH3 is 1. The average molecular weight is 390 g/mol. The fourth-order valence-corrected chi connectivity index (χ4v) is 3.88. The molecular formula is C15H20ClN3O5S. The van der Waals surface area contributed by atoms with Crippen LogP contribution in [-0.2, 0) is 19.6 Å². The van der Waals surface area contributed by atoms with Crippen LogP contribution >= 0.6 is 11.6 Å². The summed E-state index contributed by atoms with van der Waals surface area (Å²) >= 11 is 5.85. The van der Waals surface area contributed by atoms with Gasteiger partial charge in [0.05, 0.1) is 13.7 Å². The van der Waals surface area contributed by atoms with Gasteiger partial charge in [0, 0.05) is 38.1 Å². The third-order valence-electron chi connectivity index (χ3n) is 3.91. The van der Waals surface area contributed by atoms with Crippen molar-refractivity contribution in [2.24, 2.45) is 0 Å². The second-order valence-corrected chi connectivity index (χ2v) is 7.68. The van der Waals surface area contributed by atoms with Gasteiger partial charge < -0.3 is 14.5 Å². The normalized spacial score (nSPS) is 15.2. The Morgan fingerprint density at radius 3 is 2.36 bits per heavy atom. The predicted molar refractivity (Wildman–Crippen MR) is 92.0 cm³/mol. The van der Waals surface area contributed by atoms with Crippen molar-refractivity contribution in [3.05, 3.63) is 23.2 Å². The lowest BCUT2D eigenvalue weighted by Crippen LogP contribution is -2.52. The number of carbonyl (C=O) groups is 2. The minimum absolute atomic E-state index is 0.0409. The van der Waals surface area contributed by atoms with Crippen molar-refractivity contribution in [3.63, 3.8) is 0 Å². The molecule has 0 spiro atoms. The first-order valence-corrected chi connectivity index (χ1v) is 9.47. The van der Waals surface area contributed by atoms with Gasteiger partial charge in [0.1, 0.15) is 10.6 Å². The standard InChI is InChI=1S/C15H20ClN3O5S/c1-11(20)18-5-7-19(8-6-18)15(21)10-17-25(22,23)14-9-12(16)3-4-13(14)24-2/h3-4,9,17H,5-8,10H2,1-2H3. The highest BCUT2D eigenvalue weighted by atomic mass is 35.5. The Balaban J connectivity index is 2.00. The summed E-state index contributed by atoms with van der Waals surface area (Å²) in [7, 11) is -2.61. The highest BCUT2D eigenvalue weighted by Gasteiger charge is 2.25. The van der Waals surface area contributed by atoms with E-state index in [1.54, 1.807) is 4.90 Å². The van der Waals surface area contributed by atoms with Gasteiger partial charge in [-0.25, -0.2) is 13.1 Å². The summed E-state index contributed by atoms with van der Waals surface area (Å²) in [6, 6.07) is 4.22. The Bertz CT molecular complexity index is 760. The predicted octanol–water partition coefficient (Wildman–Crippen LogP) is 0.318.